The second kappa shape index (κ2) is 8.94. The monoisotopic (exact) mass is 541 g/mol. The van der Waals surface area contributed by atoms with Gasteiger partial charge in [0.2, 0.25) is 5.91 Å². The van der Waals surface area contributed by atoms with Crippen molar-refractivity contribution in [1.29, 1.82) is 0 Å². The zero-order chi connectivity index (χ0) is 27.7. The molecule has 2 saturated carbocycles. The molecular formula is C29H39NO7Si. The number of carbonyl (C=O) groups is 3. The van der Waals surface area contributed by atoms with Crippen molar-refractivity contribution in [3.8, 4) is 11.5 Å². The third-order valence-electron chi connectivity index (χ3n) is 9.51. The third kappa shape index (κ3) is 4.37. The van der Waals surface area contributed by atoms with Crippen molar-refractivity contribution in [2.24, 2.45) is 22.7 Å². The van der Waals surface area contributed by atoms with Crippen molar-refractivity contribution in [1.82, 2.24) is 0 Å². The largest absolute Gasteiger partial charge is 0.506 e. The van der Waals surface area contributed by atoms with E-state index in [0.717, 1.165) is 25.3 Å². The lowest BCUT2D eigenvalue weighted by Gasteiger charge is -2.55. The van der Waals surface area contributed by atoms with Crippen LogP contribution >= 0.6 is 0 Å². The van der Waals surface area contributed by atoms with Crippen molar-refractivity contribution in [3.63, 3.8) is 0 Å². The molecule has 206 valence electrons. The summed E-state index contributed by atoms with van der Waals surface area (Å²) in [6.07, 6.45) is 7.02. The van der Waals surface area contributed by atoms with E-state index < -0.39 is 31.1 Å². The number of rotatable bonds is 8. The maximum Gasteiger partial charge on any atom is 0.341 e. The van der Waals surface area contributed by atoms with Crippen molar-refractivity contribution in [2.45, 2.75) is 83.3 Å². The maximum atomic E-state index is 13.2. The first kappa shape index (κ1) is 26.9. The van der Waals surface area contributed by atoms with Gasteiger partial charge in [0.25, 0.3) is 0 Å². The molecule has 0 radical (unpaired) electrons. The van der Waals surface area contributed by atoms with E-state index in [2.05, 4.69) is 38.0 Å². The first-order chi connectivity index (χ1) is 17.7. The van der Waals surface area contributed by atoms with Gasteiger partial charge in [-0.1, -0.05) is 32.6 Å². The van der Waals surface area contributed by atoms with E-state index in [9.17, 15) is 24.6 Å². The maximum absolute atomic E-state index is 13.2. The Morgan fingerprint density at radius 2 is 1.95 bits per heavy atom. The van der Waals surface area contributed by atoms with Gasteiger partial charge < -0.3 is 25.0 Å². The van der Waals surface area contributed by atoms with Crippen molar-refractivity contribution in [3.05, 3.63) is 29.8 Å². The van der Waals surface area contributed by atoms with Crippen LogP contribution in [0.25, 0.3) is 0 Å². The lowest BCUT2D eigenvalue weighted by atomic mass is 9.51. The van der Waals surface area contributed by atoms with Gasteiger partial charge in [-0.15, -0.1) is 0 Å². The van der Waals surface area contributed by atoms with E-state index in [4.69, 9.17) is 9.47 Å². The summed E-state index contributed by atoms with van der Waals surface area (Å²) < 4.78 is 11.8. The molecule has 2 aliphatic heterocycles. The molecule has 6 rings (SSSR count). The predicted octanol–water partition coefficient (Wildman–Crippen LogP) is 5.03. The first-order valence-corrected chi connectivity index (χ1v) is 17.3. The number of anilines is 1. The molecule has 4 fully saturated rings. The summed E-state index contributed by atoms with van der Waals surface area (Å²) in [4.78, 5) is 38.8. The molecule has 38 heavy (non-hydrogen) atoms. The summed E-state index contributed by atoms with van der Waals surface area (Å²) in [6.45, 7) is 10.9. The smallest absolute Gasteiger partial charge is 0.341 e. The highest BCUT2D eigenvalue weighted by Gasteiger charge is 2.71. The number of benzene rings is 1. The molecule has 8 nitrogen and oxygen atoms in total. The van der Waals surface area contributed by atoms with Crippen LogP contribution < -0.4 is 5.32 Å². The van der Waals surface area contributed by atoms with Crippen molar-refractivity contribution in [2.75, 3.05) is 11.9 Å². The van der Waals surface area contributed by atoms with Crippen LogP contribution in [0.1, 0.15) is 56.3 Å². The van der Waals surface area contributed by atoms with E-state index in [1.807, 2.05) is 6.92 Å². The second-order valence-corrected chi connectivity index (χ2v) is 19.1. The van der Waals surface area contributed by atoms with Crippen LogP contribution in [0.3, 0.4) is 0 Å². The summed E-state index contributed by atoms with van der Waals surface area (Å²) in [6, 6.07) is 3.30. The number of phenolic OH excluding ortho intramolecular Hbond substituents is 2. The molecule has 4 bridgehead atoms. The highest BCUT2D eigenvalue weighted by Crippen LogP contribution is 2.71. The molecule has 3 aliphatic carbocycles. The molecule has 0 unspecified atom stereocenters. The molecule has 0 aromatic heterocycles. The number of allylic oxidation sites excluding steroid dienone is 2. The molecule has 9 heteroatoms. The number of ketones is 1. The highest BCUT2D eigenvalue weighted by molar-refractivity contribution is 6.76. The fraction of sp³-hybridized carbons (Fsp3) is 0.621. The van der Waals surface area contributed by atoms with Gasteiger partial charge in [0, 0.05) is 25.8 Å². The molecule has 1 aromatic rings. The average molecular weight is 542 g/mol. The fourth-order valence-corrected chi connectivity index (χ4v) is 8.33. The minimum Gasteiger partial charge on any atom is -0.506 e. The van der Waals surface area contributed by atoms with Crippen LogP contribution in [0.4, 0.5) is 5.69 Å². The number of hydrogen-bond acceptors (Lipinski definition) is 7. The number of aromatic hydroxyl groups is 2. The zero-order valence-corrected chi connectivity index (χ0v) is 23.9. The average Bonchev–Trinajstić information content (AvgIpc) is 3.18. The zero-order valence-electron chi connectivity index (χ0n) is 22.9. The van der Waals surface area contributed by atoms with Crippen LogP contribution in [-0.2, 0) is 19.1 Å². The first-order valence-electron chi connectivity index (χ1n) is 13.6. The van der Waals surface area contributed by atoms with Gasteiger partial charge in [-0.25, -0.2) is 4.79 Å². The lowest BCUT2D eigenvalue weighted by molar-refractivity contribution is -0.169. The lowest BCUT2D eigenvalue weighted by Crippen LogP contribution is -2.56. The van der Waals surface area contributed by atoms with Crippen molar-refractivity contribution >= 4 is 31.4 Å². The van der Waals surface area contributed by atoms with E-state index in [-0.39, 0.29) is 58.8 Å². The summed E-state index contributed by atoms with van der Waals surface area (Å²) in [5, 5.41) is 23.6. The number of phenols is 2. The van der Waals surface area contributed by atoms with Gasteiger partial charge >= 0.3 is 5.97 Å². The molecule has 2 heterocycles. The Morgan fingerprint density at radius 3 is 2.63 bits per heavy atom. The fourth-order valence-electron chi connectivity index (χ4n) is 7.61. The quantitative estimate of drug-likeness (QED) is 0.240. The number of hydrogen-bond donors (Lipinski definition) is 3. The van der Waals surface area contributed by atoms with Crippen LogP contribution in [0.2, 0.25) is 25.7 Å². The summed E-state index contributed by atoms with van der Waals surface area (Å²) in [7, 11) is -1.41. The Kier molecular flexibility index (Phi) is 6.34. The van der Waals surface area contributed by atoms with E-state index in [0.29, 0.717) is 12.3 Å². The molecule has 5 aliphatic rings. The summed E-state index contributed by atoms with van der Waals surface area (Å²) in [5.41, 5.74) is -1.31. The Hall–Kier alpha value is -2.65. The van der Waals surface area contributed by atoms with Gasteiger partial charge in [0.15, 0.2) is 11.5 Å². The Labute approximate surface area is 224 Å². The summed E-state index contributed by atoms with van der Waals surface area (Å²) >= 11 is 0. The van der Waals surface area contributed by atoms with Gasteiger partial charge in [-0.05, 0) is 68.2 Å². The number of carbonyl (C=O) groups excluding carboxylic acids is 3. The van der Waals surface area contributed by atoms with E-state index >= 15 is 0 Å². The van der Waals surface area contributed by atoms with Gasteiger partial charge in [0.05, 0.1) is 18.3 Å². The normalized spacial score (nSPS) is 34.9. The standard InChI is InChI=1S/C29H39NO7Si/c1-27(21(32)8-11-29-15-17-14-20(25(27)29)37-28(17,2)16-29)10-9-22(33)30-23-19(31)7-6-18(24(23)34)26(35)36-12-13-38(3,4)5/h6-8,11,17,20,25,31,34H,9-10,12-16H2,1-5H3,(H,30,33)/t17-,20+,25+,27-,28+,29+/m1/s1. The van der Waals surface area contributed by atoms with Crippen LogP contribution in [0, 0.1) is 22.7 Å². The molecule has 6 atom stereocenters. The number of nitrogens with one attached hydrogen (secondary N) is 1. The number of esters is 1. The molecule has 1 spiro atoms. The second-order valence-electron chi connectivity index (χ2n) is 13.5. The number of amides is 1. The summed E-state index contributed by atoms with van der Waals surface area (Å²) in [5.74, 6) is -1.53. The van der Waals surface area contributed by atoms with Crippen LogP contribution in [-0.4, -0.2) is 54.3 Å². The minimum absolute atomic E-state index is 0.00574. The Morgan fingerprint density at radius 1 is 1.21 bits per heavy atom. The molecule has 1 aromatic carbocycles. The van der Waals surface area contributed by atoms with Gasteiger partial charge in [-0.2, -0.15) is 0 Å². The highest BCUT2D eigenvalue weighted by atomic mass is 28.3. The predicted molar refractivity (Wildman–Crippen MR) is 145 cm³/mol. The van der Waals surface area contributed by atoms with E-state index in [1.54, 1.807) is 6.08 Å². The Balaban J connectivity index is 1.27. The van der Waals surface area contributed by atoms with Crippen LogP contribution in [0.5, 0.6) is 11.5 Å². The molecule has 1 amide bonds. The third-order valence-corrected chi connectivity index (χ3v) is 11.2. The number of ether oxygens (including phenoxy) is 2. The van der Waals surface area contributed by atoms with Gasteiger partial charge in [-0.3, -0.25) is 9.59 Å². The van der Waals surface area contributed by atoms with Crippen molar-refractivity contribution < 1.29 is 34.1 Å². The molecular weight excluding hydrogens is 502 g/mol. The Bertz CT molecular complexity index is 1220. The van der Waals surface area contributed by atoms with E-state index in [1.165, 1.54) is 12.1 Å². The SMILES string of the molecule is C[C@]12C[C@@]34C=CC(=O)[C@@](C)(CCC(=O)Nc5c(O)ccc(C(=O)OCC[Si](C)(C)C)c5O)[C@@H]3[C@H](C[C@@H]1C4)O2. The van der Waals surface area contributed by atoms with Crippen LogP contribution in [0.15, 0.2) is 24.3 Å². The topological polar surface area (TPSA) is 122 Å². The molecule has 2 saturated heterocycles. The molecule has 3 N–H and O–H groups in total. The van der Waals surface area contributed by atoms with Gasteiger partial charge in [0.1, 0.15) is 17.0 Å². The minimum atomic E-state index is -1.41.